The van der Waals surface area contributed by atoms with Crippen molar-refractivity contribution in [1.82, 2.24) is 19.8 Å². The lowest BCUT2D eigenvalue weighted by molar-refractivity contribution is -0.101. The first kappa shape index (κ1) is 26.2. The fourth-order valence-electron chi connectivity index (χ4n) is 6.33. The number of ether oxygens (including phenoxy) is 1. The second-order valence-corrected chi connectivity index (χ2v) is 11.6. The van der Waals surface area contributed by atoms with E-state index >= 15 is 0 Å². The number of amides is 1. The smallest absolute Gasteiger partial charge is 0.275 e. The molecule has 0 spiro atoms. The number of aliphatic hydroxyl groups is 1. The number of imidazole rings is 1. The zero-order chi connectivity index (χ0) is 26.7. The molecule has 2 aromatic carbocycles. The molecule has 2 saturated carbocycles. The fourth-order valence-corrected chi connectivity index (χ4v) is 6.33. The van der Waals surface area contributed by atoms with Crippen LogP contribution in [-0.2, 0) is 11.2 Å². The Morgan fingerprint density at radius 1 is 1.05 bits per heavy atom. The van der Waals surface area contributed by atoms with E-state index in [4.69, 9.17) is 9.72 Å². The van der Waals surface area contributed by atoms with E-state index in [0.717, 1.165) is 56.6 Å². The molecule has 3 aromatic rings. The summed E-state index contributed by atoms with van der Waals surface area (Å²) in [4.78, 5) is 21.0. The van der Waals surface area contributed by atoms with Crippen LogP contribution in [0.4, 0.5) is 0 Å². The fraction of sp³-hybridized carbons (Fsp3) is 0.500. The van der Waals surface area contributed by atoms with Gasteiger partial charge in [0, 0.05) is 37.8 Å². The summed E-state index contributed by atoms with van der Waals surface area (Å²) in [6.45, 7) is 3.20. The number of piperazine rings is 1. The summed E-state index contributed by atoms with van der Waals surface area (Å²) in [5.41, 5.74) is 2.44. The van der Waals surface area contributed by atoms with Crippen molar-refractivity contribution in [2.24, 2.45) is 5.92 Å². The standard InChI is InChI=1S/C32H40N4O3/c37-31(35-18-17-33-20-27(35)19-24-9-3-1-4-10-24)29-30(26-11-5-2-6-12-26)36(23-34-29)28-13-7-8-16-32(28,38)22-39-21-25-14-15-25/h1-6,9-12,23,25,27-28,33,38H,7-8,13-22H2/t27-,28?,32?/m1/s1. The molecule has 0 bridgehead atoms. The van der Waals surface area contributed by atoms with Crippen LogP contribution in [0.3, 0.4) is 0 Å². The number of aromatic nitrogens is 2. The zero-order valence-electron chi connectivity index (χ0n) is 22.7. The summed E-state index contributed by atoms with van der Waals surface area (Å²) in [7, 11) is 0. The van der Waals surface area contributed by atoms with Crippen molar-refractivity contribution < 1.29 is 14.6 Å². The zero-order valence-corrected chi connectivity index (χ0v) is 22.7. The van der Waals surface area contributed by atoms with Gasteiger partial charge in [0.25, 0.3) is 5.91 Å². The molecule has 2 unspecified atom stereocenters. The molecule has 3 aliphatic rings. The van der Waals surface area contributed by atoms with Crippen molar-refractivity contribution in [2.75, 3.05) is 32.8 Å². The van der Waals surface area contributed by atoms with Crippen molar-refractivity contribution in [2.45, 2.75) is 62.6 Å². The van der Waals surface area contributed by atoms with E-state index in [1.54, 1.807) is 6.33 Å². The Balaban J connectivity index is 1.33. The second-order valence-electron chi connectivity index (χ2n) is 11.6. The summed E-state index contributed by atoms with van der Waals surface area (Å²) >= 11 is 0. The van der Waals surface area contributed by atoms with Gasteiger partial charge in [-0.25, -0.2) is 4.98 Å². The minimum atomic E-state index is -0.984. The number of rotatable bonds is 9. The summed E-state index contributed by atoms with van der Waals surface area (Å²) in [6, 6.07) is 20.3. The SMILES string of the molecule is O=C(c1ncn(C2CCCCC2(O)COCC2CC2)c1-c1ccccc1)N1CCNC[C@H]1Cc1ccccc1. The Bertz CT molecular complexity index is 1240. The molecule has 1 aliphatic heterocycles. The molecule has 206 valence electrons. The number of benzene rings is 2. The van der Waals surface area contributed by atoms with E-state index in [-0.39, 0.29) is 18.0 Å². The molecule has 2 heterocycles. The van der Waals surface area contributed by atoms with Crippen molar-refractivity contribution in [3.8, 4) is 11.3 Å². The third-order valence-electron chi connectivity index (χ3n) is 8.66. The lowest BCUT2D eigenvalue weighted by Crippen LogP contribution is -2.54. The molecule has 1 saturated heterocycles. The third kappa shape index (κ3) is 5.81. The lowest BCUT2D eigenvalue weighted by atomic mass is 9.80. The monoisotopic (exact) mass is 528 g/mol. The average Bonchev–Trinajstić information content (AvgIpc) is 3.69. The first-order chi connectivity index (χ1) is 19.1. The summed E-state index contributed by atoms with van der Waals surface area (Å²) in [5.74, 6) is 0.607. The highest BCUT2D eigenvalue weighted by Gasteiger charge is 2.43. The van der Waals surface area contributed by atoms with Gasteiger partial charge < -0.3 is 24.6 Å². The van der Waals surface area contributed by atoms with E-state index in [0.29, 0.717) is 31.2 Å². The first-order valence-electron chi connectivity index (χ1n) is 14.6. The van der Waals surface area contributed by atoms with E-state index in [2.05, 4.69) is 22.0 Å². The van der Waals surface area contributed by atoms with Gasteiger partial charge in [-0.2, -0.15) is 0 Å². The van der Waals surface area contributed by atoms with Crippen LogP contribution in [0.1, 0.15) is 60.6 Å². The molecule has 39 heavy (non-hydrogen) atoms. The summed E-state index contributed by atoms with van der Waals surface area (Å²) in [5, 5.41) is 15.4. The minimum Gasteiger partial charge on any atom is -0.385 e. The third-order valence-corrected chi connectivity index (χ3v) is 8.66. The highest BCUT2D eigenvalue weighted by atomic mass is 16.5. The van der Waals surface area contributed by atoms with Gasteiger partial charge in [0.15, 0.2) is 5.69 Å². The van der Waals surface area contributed by atoms with Crippen molar-refractivity contribution in [1.29, 1.82) is 0 Å². The van der Waals surface area contributed by atoms with Gasteiger partial charge in [-0.05, 0) is 43.6 Å². The number of carbonyl (C=O) groups excluding carboxylic acids is 1. The Morgan fingerprint density at radius 3 is 2.59 bits per heavy atom. The van der Waals surface area contributed by atoms with Gasteiger partial charge in [0.05, 0.1) is 24.7 Å². The van der Waals surface area contributed by atoms with Gasteiger partial charge in [-0.3, -0.25) is 4.79 Å². The normalized spacial score (nSPS) is 25.5. The molecule has 2 aliphatic carbocycles. The largest absolute Gasteiger partial charge is 0.385 e. The van der Waals surface area contributed by atoms with Gasteiger partial charge in [0.2, 0.25) is 0 Å². The maximum atomic E-state index is 14.2. The van der Waals surface area contributed by atoms with Gasteiger partial charge in [0.1, 0.15) is 5.60 Å². The molecular weight excluding hydrogens is 488 g/mol. The molecule has 1 amide bonds. The number of hydrogen-bond donors (Lipinski definition) is 2. The van der Waals surface area contributed by atoms with Crippen LogP contribution in [0, 0.1) is 5.92 Å². The predicted octanol–water partition coefficient (Wildman–Crippen LogP) is 4.48. The molecule has 1 aromatic heterocycles. The molecule has 0 radical (unpaired) electrons. The van der Waals surface area contributed by atoms with Gasteiger partial charge >= 0.3 is 0 Å². The van der Waals surface area contributed by atoms with Crippen molar-refractivity contribution in [3.63, 3.8) is 0 Å². The van der Waals surface area contributed by atoms with E-state index in [1.165, 1.54) is 18.4 Å². The van der Waals surface area contributed by atoms with E-state index in [9.17, 15) is 9.90 Å². The Kier molecular flexibility index (Phi) is 7.82. The molecule has 7 nitrogen and oxygen atoms in total. The molecular formula is C32H40N4O3. The van der Waals surface area contributed by atoms with Crippen LogP contribution < -0.4 is 5.32 Å². The number of nitrogens with zero attached hydrogens (tertiary/aromatic N) is 3. The van der Waals surface area contributed by atoms with E-state index < -0.39 is 5.60 Å². The second kappa shape index (κ2) is 11.6. The first-order valence-corrected chi connectivity index (χ1v) is 14.6. The molecule has 6 rings (SSSR count). The van der Waals surface area contributed by atoms with Crippen molar-refractivity contribution >= 4 is 5.91 Å². The predicted molar refractivity (Wildman–Crippen MR) is 152 cm³/mol. The van der Waals surface area contributed by atoms with Crippen LogP contribution in [0.15, 0.2) is 67.0 Å². The Morgan fingerprint density at radius 2 is 1.82 bits per heavy atom. The maximum absolute atomic E-state index is 14.2. The van der Waals surface area contributed by atoms with E-state index in [1.807, 2.05) is 53.4 Å². The summed E-state index contributed by atoms with van der Waals surface area (Å²) < 4.78 is 8.13. The quantitative estimate of drug-likeness (QED) is 0.428. The lowest BCUT2D eigenvalue weighted by Gasteiger charge is -2.41. The average molecular weight is 529 g/mol. The maximum Gasteiger partial charge on any atom is 0.275 e. The minimum absolute atomic E-state index is 0.0423. The van der Waals surface area contributed by atoms with Crippen LogP contribution >= 0.6 is 0 Å². The van der Waals surface area contributed by atoms with Crippen LogP contribution in [0.25, 0.3) is 11.3 Å². The number of carbonyl (C=O) groups is 1. The number of hydrogen-bond acceptors (Lipinski definition) is 5. The van der Waals surface area contributed by atoms with Crippen molar-refractivity contribution in [3.05, 3.63) is 78.2 Å². The van der Waals surface area contributed by atoms with Crippen LogP contribution in [0.2, 0.25) is 0 Å². The topological polar surface area (TPSA) is 79.6 Å². The Hall–Kier alpha value is -3.00. The molecule has 2 N–H and O–H groups in total. The Labute approximate surface area is 231 Å². The highest BCUT2D eigenvalue weighted by Crippen LogP contribution is 2.41. The van der Waals surface area contributed by atoms with Crippen LogP contribution in [0.5, 0.6) is 0 Å². The molecule has 3 fully saturated rings. The highest BCUT2D eigenvalue weighted by molar-refractivity contribution is 5.98. The molecule has 3 atom stereocenters. The van der Waals surface area contributed by atoms with Gasteiger partial charge in [-0.1, -0.05) is 73.5 Å². The van der Waals surface area contributed by atoms with Crippen LogP contribution in [-0.4, -0.2) is 70.0 Å². The van der Waals surface area contributed by atoms with Gasteiger partial charge in [-0.15, -0.1) is 0 Å². The number of nitrogens with one attached hydrogen (secondary N) is 1. The molecule has 7 heteroatoms. The summed E-state index contributed by atoms with van der Waals surface area (Å²) in [6.07, 6.45) is 8.56.